The molecule has 1 aromatic carbocycles. The molecule has 5 rings (SSSR count). The lowest BCUT2D eigenvalue weighted by Gasteiger charge is -2.27. The van der Waals surface area contributed by atoms with E-state index >= 15 is 0 Å². The van der Waals surface area contributed by atoms with Gasteiger partial charge >= 0.3 is 0 Å². The number of hydrogen-bond donors (Lipinski definition) is 0. The van der Waals surface area contributed by atoms with Gasteiger partial charge in [0.15, 0.2) is 5.16 Å². The van der Waals surface area contributed by atoms with Crippen LogP contribution in [0.25, 0.3) is 11.3 Å². The van der Waals surface area contributed by atoms with Crippen molar-refractivity contribution in [1.29, 1.82) is 0 Å². The highest BCUT2D eigenvalue weighted by molar-refractivity contribution is 7.98. The zero-order valence-corrected chi connectivity index (χ0v) is 17.3. The summed E-state index contributed by atoms with van der Waals surface area (Å²) in [7, 11) is 0. The summed E-state index contributed by atoms with van der Waals surface area (Å²) in [5.41, 5.74) is 2.35. The molecule has 3 aromatic heterocycles. The summed E-state index contributed by atoms with van der Waals surface area (Å²) in [4.78, 5) is 19.3. The summed E-state index contributed by atoms with van der Waals surface area (Å²) in [6, 6.07) is 17.3. The molecule has 7 nitrogen and oxygen atoms in total. The molecule has 0 N–H and O–H groups in total. The molecule has 0 aliphatic carbocycles. The Kier molecular flexibility index (Phi) is 5.23. The van der Waals surface area contributed by atoms with Gasteiger partial charge in [-0.25, -0.2) is 4.98 Å². The lowest BCUT2D eigenvalue weighted by molar-refractivity contribution is 0.564. The Hall–Kier alpha value is -3.13. The molecule has 0 spiro atoms. The highest BCUT2D eigenvalue weighted by Gasteiger charge is 2.21. The van der Waals surface area contributed by atoms with E-state index in [4.69, 9.17) is 0 Å². The number of para-hydroxylation sites is 1. The number of nitrogens with zero attached hydrogens (tertiary/aromatic N) is 6. The first-order chi connectivity index (χ1) is 14.8. The SMILES string of the molecule is O=c1cc(CSc2nnc(N3CCCCC3)n2-c2ccccc2)nc2ccccn12. The molecule has 0 atom stereocenters. The average Bonchev–Trinajstić information content (AvgIpc) is 3.23. The van der Waals surface area contributed by atoms with Crippen LogP contribution in [0.2, 0.25) is 0 Å². The van der Waals surface area contributed by atoms with Crippen molar-refractivity contribution < 1.29 is 0 Å². The predicted octanol–water partition coefficient (Wildman–Crippen LogP) is 3.56. The van der Waals surface area contributed by atoms with Gasteiger partial charge in [0.25, 0.3) is 5.56 Å². The largest absolute Gasteiger partial charge is 0.341 e. The normalized spacial score (nSPS) is 14.3. The first kappa shape index (κ1) is 18.9. The van der Waals surface area contributed by atoms with Crippen LogP contribution in [0.5, 0.6) is 0 Å². The first-order valence-corrected chi connectivity index (χ1v) is 11.1. The Morgan fingerprint density at radius 2 is 1.73 bits per heavy atom. The van der Waals surface area contributed by atoms with E-state index in [-0.39, 0.29) is 5.56 Å². The number of hydrogen-bond acceptors (Lipinski definition) is 6. The van der Waals surface area contributed by atoms with Crippen molar-refractivity contribution in [3.8, 4) is 5.69 Å². The van der Waals surface area contributed by atoms with E-state index in [2.05, 4.69) is 36.8 Å². The summed E-state index contributed by atoms with van der Waals surface area (Å²) in [5.74, 6) is 1.43. The highest BCUT2D eigenvalue weighted by Crippen LogP contribution is 2.29. The van der Waals surface area contributed by atoms with Gasteiger partial charge in [-0.15, -0.1) is 10.2 Å². The lowest BCUT2D eigenvalue weighted by atomic mass is 10.1. The number of fused-ring (bicyclic) bond motifs is 1. The second-order valence-corrected chi connectivity index (χ2v) is 8.25. The number of aromatic nitrogens is 5. The minimum atomic E-state index is -0.0743. The maximum atomic E-state index is 12.4. The smallest absolute Gasteiger partial charge is 0.258 e. The van der Waals surface area contributed by atoms with Crippen LogP contribution in [0.4, 0.5) is 5.95 Å². The second kappa shape index (κ2) is 8.31. The molecule has 0 amide bonds. The fraction of sp³-hybridized carbons (Fsp3) is 0.273. The van der Waals surface area contributed by atoms with Gasteiger partial charge in [-0.1, -0.05) is 36.0 Å². The summed E-state index contributed by atoms with van der Waals surface area (Å²) < 4.78 is 3.67. The maximum absolute atomic E-state index is 12.4. The Morgan fingerprint density at radius 1 is 0.933 bits per heavy atom. The monoisotopic (exact) mass is 418 g/mol. The number of benzene rings is 1. The number of thioether (sulfide) groups is 1. The van der Waals surface area contributed by atoms with Crippen molar-refractivity contribution in [2.75, 3.05) is 18.0 Å². The van der Waals surface area contributed by atoms with Crippen LogP contribution < -0.4 is 10.5 Å². The van der Waals surface area contributed by atoms with E-state index in [0.717, 1.165) is 35.6 Å². The Bertz CT molecular complexity index is 1210. The van der Waals surface area contributed by atoms with E-state index in [0.29, 0.717) is 11.4 Å². The Morgan fingerprint density at radius 3 is 2.57 bits per heavy atom. The van der Waals surface area contributed by atoms with Gasteiger partial charge in [-0.2, -0.15) is 0 Å². The van der Waals surface area contributed by atoms with Gasteiger partial charge in [0.1, 0.15) is 5.65 Å². The number of pyridine rings is 1. The van der Waals surface area contributed by atoms with E-state index in [9.17, 15) is 4.79 Å². The van der Waals surface area contributed by atoms with Gasteiger partial charge in [-0.3, -0.25) is 13.8 Å². The maximum Gasteiger partial charge on any atom is 0.258 e. The second-order valence-electron chi connectivity index (χ2n) is 7.30. The van der Waals surface area contributed by atoms with Crippen molar-refractivity contribution in [2.45, 2.75) is 30.2 Å². The quantitative estimate of drug-likeness (QED) is 0.462. The van der Waals surface area contributed by atoms with Gasteiger partial charge in [0, 0.05) is 31.1 Å². The third-order valence-electron chi connectivity index (χ3n) is 5.24. The van der Waals surface area contributed by atoms with Crippen LogP contribution >= 0.6 is 11.8 Å². The fourth-order valence-electron chi connectivity index (χ4n) is 3.77. The minimum absolute atomic E-state index is 0.0743. The summed E-state index contributed by atoms with van der Waals surface area (Å²) >= 11 is 1.55. The van der Waals surface area contributed by atoms with Crippen LogP contribution in [0.15, 0.2) is 70.7 Å². The number of piperidine rings is 1. The summed E-state index contributed by atoms with van der Waals surface area (Å²) in [6.07, 6.45) is 5.35. The molecule has 30 heavy (non-hydrogen) atoms. The van der Waals surface area contributed by atoms with Crippen LogP contribution in [0, 0.1) is 0 Å². The molecule has 1 saturated heterocycles. The van der Waals surface area contributed by atoms with Crippen molar-refractivity contribution in [3.05, 3.63) is 76.8 Å². The third kappa shape index (κ3) is 3.70. The van der Waals surface area contributed by atoms with Crippen LogP contribution in [0.1, 0.15) is 25.0 Å². The standard InChI is InChI=1S/C22H22N6OS/c29-20-15-17(23-19-11-5-8-14-27(19)20)16-30-22-25-24-21(26-12-6-2-7-13-26)28(22)18-9-3-1-4-10-18/h1,3-5,8-11,14-15H,2,6-7,12-13,16H2. The molecule has 4 heterocycles. The van der Waals surface area contributed by atoms with Crippen LogP contribution in [-0.4, -0.2) is 37.2 Å². The van der Waals surface area contributed by atoms with E-state index in [1.165, 1.54) is 19.3 Å². The fourth-order valence-corrected chi connectivity index (χ4v) is 4.61. The summed E-state index contributed by atoms with van der Waals surface area (Å²) in [6.45, 7) is 2.00. The molecule has 0 bridgehead atoms. The molecular weight excluding hydrogens is 396 g/mol. The molecule has 1 aliphatic heterocycles. The molecule has 0 radical (unpaired) electrons. The highest BCUT2D eigenvalue weighted by atomic mass is 32.2. The molecule has 0 saturated carbocycles. The van der Waals surface area contributed by atoms with E-state index < -0.39 is 0 Å². The topological polar surface area (TPSA) is 68.3 Å². The van der Waals surface area contributed by atoms with Crippen molar-refractivity contribution in [2.24, 2.45) is 0 Å². The molecule has 0 unspecified atom stereocenters. The zero-order valence-electron chi connectivity index (χ0n) is 16.5. The molecule has 1 fully saturated rings. The van der Waals surface area contributed by atoms with Crippen LogP contribution in [0.3, 0.4) is 0 Å². The average molecular weight is 419 g/mol. The molecular formula is C22H22N6OS. The first-order valence-electron chi connectivity index (χ1n) is 10.2. The van der Waals surface area contributed by atoms with Crippen LogP contribution in [-0.2, 0) is 5.75 Å². The van der Waals surface area contributed by atoms with Gasteiger partial charge in [0.2, 0.25) is 5.95 Å². The van der Waals surface area contributed by atoms with Gasteiger partial charge in [0.05, 0.1) is 11.4 Å². The van der Waals surface area contributed by atoms with Crippen molar-refractivity contribution in [3.63, 3.8) is 0 Å². The minimum Gasteiger partial charge on any atom is -0.341 e. The predicted molar refractivity (Wildman–Crippen MR) is 118 cm³/mol. The lowest BCUT2D eigenvalue weighted by Crippen LogP contribution is -2.31. The van der Waals surface area contributed by atoms with E-state index in [1.54, 1.807) is 28.4 Å². The Balaban J connectivity index is 1.47. The Labute approximate surface area is 178 Å². The number of rotatable bonds is 5. The summed E-state index contributed by atoms with van der Waals surface area (Å²) in [5, 5.41) is 9.82. The molecule has 152 valence electrons. The van der Waals surface area contributed by atoms with Gasteiger partial charge < -0.3 is 4.90 Å². The molecule has 4 aromatic rings. The van der Waals surface area contributed by atoms with Crippen molar-refractivity contribution in [1.82, 2.24) is 24.1 Å². The molecule has 8 heteroatoms. The van der Waals surface area contributed by atoms with Gasteiger partial charge in [-0.05, 0) is 43.5 Å². The van der Waals surface area contributed by atoms with Crippen molar-refractivity contribution >= 4 is 23.4 Å². The zero-order chi connectivity index (χ0) is 20.3. The number of anilines is 1. The third-order valence-corrected chi connectivity index (χ3v) is 6.21. The molecule has 1 aliphatic rings. The van der Waals surface area contributed by atoms with E-state index in [1.807, 2.05) is 36.4 Å².